The van der Waals surface area contributed by atoms with E-state index in [1.165, 1.54) is 7.11 Å². The van der Waals surface area contributed by atoms with Crippen LogP contribution in [0.1, 0.15) is 11.4 Å². The highest BCUT2D eigenvalue weighted by molar-refractivity contribution is 5.71. The molecule has 1 rings (SSSR count). The van der Waals surface area contributed by atoms with Gasteiger partial charge in [-0.05, 0) is 0 Å². The van der Waals surface area contributed by atoms with Crippen molar-refractivity contribution < 1.29 is 22.7 Å². The SMILES string of the molecule is COC(=O)Cc1cnc(C(F)(F)F)cn1. The molecule has 15 heavy (non-hydrogen) atoms. The van der Waals surface area contributed by atoms with Crippen LogP contribution in [0.25, 0.3) is 0 Å². The minimum Gasteiger partial charge on any atom is -0.469 e. The molecule has 82 valence electrons. The Morgan fingerprint density at radius 1 is 1.40 bits per heavy atom. The van der Waals surface area contributed by atoms with Crippen molar-refractivity contribution in [3.05, 3.63) is 23.8 Å². The van der Waals surface area contributed by atoms with E-state index in [9.17, 15) is 18.0 Å². The minimum atomic E-state index is -4.52. The maximum atomic E-state index is 12.1. The van der Waals surface area contributed by atoms with Gasteiger partial charge in [-0.3, -0.25) is 9.78 Å². The van der Waals surface area contributed by atoms with Gasteiger partial charge in [0.25, 0.3) is 0 Å². The standard InChI is InChI=1S/C8H7F3N2O2/c1-15-7(14)2-5-3-13-6(4-12-5)8(9,10)11/h3-4H,2H2,1H3. The zero-order valence-electron chi connectivity index (χ0n) is 7.71. The van der Waals surface area contributed by atoms with E-state index >= 15 is 0 Å². The highest BCUT2D eigenvalue weighted by Crippen LogP contribution is 2.26. The third-order valence-electron chi connectivity index (χ3n) is 1.55. The fourth-order valence-electron chi connectivity index (χ4n) is 0.812. The third kappa shape index (κ3) is 3.19. The summed E-state index contributed by atoms with van der Waals surface area (Å²) in [6, 6.07) is 0. The average molecular weight is 220 g/mol. The van der Waals surface area contributed by atoms with E-state index in [4.69, 9.17) is 0 Å². The molecule has 7 heteroatoms. The van der Waals surface area contributed by atoms with Gasteiger partial charge >= 0.3 is 12.1 Å². The molecule has 1 aromatic rings. The second-order valence-electron chi connectivity index (χ2n) is 2.64. The molecule has 1 aromatic heterocycles. The first-order valence-electron chi connectivity index (χ1n) is 3.88. The van der Waals surface area contributed by atoms with Crippen LogP contribution in [0.15, 0.2) is 12.4 Å². The van der Waals surface area contributed by atoms with Gasteiger partial charge in [-0.15, -0.1) is 0 Å². The van der Waals surface area contributed by atoms with Gasteiger partial charge in [-0.25, -0.2) is 4.98 Å². The molecule has 0 bridgehead atoms. The molecule has 0 saturated carbocycles. The summed E-state index contributed by atoms with van der Waals surface area (Å²) >= 11 is 0. The summed E-state index contributed by atoms with van der Waals surface area (Å²) in [4.78, 5) is 17.3. The Kier molecular flexibility index (Phi) is 3.23. The number of aromatic nitrogens is 2. The van der Waals surface area contributed by atoms with E-state index in [1.807, 2.05) is 0 Å². The number of alkyl halides is 3. The summed E-state index contributed by atoms with van der Waals surface area (Å²) in [5, 5.41) is 0. The lowest BCUT2D eigenvalue weighted by molar-refractivity contribution is -0.141. The number of hydrogen-bond acceptors (Lipinski definition) is 4. The molecule has 0 aliphatic carbocycles. The zero-order valence-corrected chi connectivity index (χ0v) is 7.71. The number of esters is 1. The zero-order chi connectivity index (χ0) is 11.5. The first-order valence-corrected chi connectivity index (χ1v) is 3.88. The van der Waals surface area contributed by atoms with Crippen molar-refractivity contribution in [2.45, 2.75) is 12.6 Å². The minimum absolute atomic E-state index is 0.134. The summed E-state index contributed by atoms with van der Waals surface area (Å²) < 4.78 is 40.5. The topological polar surface area (TPSA) is 52.1 Å². The van der Waals surface area contributed by atoms with Gasteiger partial charge in [0.2, 0.25) is 0 Å². The summed E-state index contributed by atoms with van der Waals surface area (Å²) in [6.07, 6.45) is -3.23. The van der Waals surface area contributed by atoms with Crippen molar-refractivity contribution in [3.8, 4) is 0 Å². The number of nitrogens with zero attached hydrogens (tertiary/aromatic N) is 2. The van der Waals surface area contributed by atoms with Crippen LogP contribution in [0.4, 0.5) is 13.2 Å². The normalized spacial score (nSPS) is 11.2. The number of hydrogen-bond donors (Lipinski definition) is 0. The fourth-order valence-corrected chi connectivity index (χ4v) is 0.812. The predicted molar refractivity (Wildman–Crippen MR) is 42.8 cm³/mol. The number of methoxy groups -OCH3 is 1. The van der Waals surface area contributed by atoms with E-state index < -0.39 is 17.8 Å². The quantitative estimate of drug-likeness (QED) is 0.703. The Morgan fingerprint density at radius 2 is 2.07 bits per heavy atom. The smallest absolute Gasteiger partial charge is 0.434 e. The van der Waals surface area contributed by atoms with Crippen LogP contribution in [-0.2, 0) is 22.1 Å². The summed E-state index contributed by atoms with van der Waals surface area (Å²) in [5.74, 6) is -0.580. The summed E-state index contributed by atoms with van der Waals surface area (Å²) in [6.45, 7) is 0. The molecule has 0 aliphatic heterocycles. The molecule has 0 aromatic carbocycles. The highest BCUT2D eigenvalue weighted by Gasteiger charge is 2.32. The molecule has 0 unspecified atom stereocenters. The van der Waals surface area contributed by atoms with Crippen molar-refractivity contribution in [3.63, 3.8) is 0 Å². The van der Waals surface area contributed by atoms with Gasteiger partial charge in [0.15, 0.2) is 5.69 Å². The lowest BCUT2D eigenvalue weighted by atomic mass is 10.3. The van der Waals surface area contributed by atoms with Crippen LogP contribution in [0.2, 0.25) is 0 Å². The Balaban J connectivity index is 2.77. The van der Waals surface area contributed by atoms with Crippen LogP contribution in [0, 0.1) is 0 Å². The van der Waals surface area contributed by atoms with Gasteiger partial charge in [-0.2, -0.15) is 13.2 Å². The molecule has 0 radical (unpaired) electrons. The van der Waals surface area contributed by atoms with Crippen LogP contribution < -0.4 is 0 Å². The van der Waals surface area contributed by atoms with Gasteiger partial charge in [0.05, 0.1) is 25.4 Å². The van der Waals surface area contributed by atoms with Crippen LogP contribution in [-0.4, -0.2) is 23.0 Å². The molecule has 0 amide bonds. The van der Waals surface area contributed by atoms with Gasteiger partial charge in [0, 0.05) is 6.20 Å². The first-order chi connectivity index (χ1) is 6.93. The Hall–Kier alpha value is -1.66. The van der Waals surface area contributed by atoms with Crippen molar-refractivity contribution >= 4 is 5.97 Å². The lowest BCUT2D eigenvalue weighted by Gasteiger charge is -2.05. The molecular formula is C8H7F3N2O2. The second-order valence-corrected chi connectivity index (χ2v) is 2.64. The van der Waals surface area contributed by atoms with E-state index in [0.717, 1.165) is 6.20 Å². The van der Waals surface area contributed by atoms with Gasteiger partial charge < -0.3 is 4.74 Å². The molecule has 1 heterocycles. The maximum Gasteiger partial charge on any atom is 0.434 e. The van der Waals surface area contributed by atoms with Crippen molar-refractivity contribution in [2.75, 3.05) is 7.11 Å². The van der Waals surface area contributed by atoms with Crippen LogP contribution in [0.5, 0.6) is 0 Å². The predicted octanol–water partition coefficient (Wildman–Crippen LogP) is 1.21. The number of halogens is 3. The van der Waals surface area contributed by atoms with E-state index in [0.29, 0.717) is 6.20 Å². The van der Waals surface area contributed by atoms with Gasteiger partial charge in [0.1, 0.15) is 0 Å². The third-order valence-corrected chi connectivity index (χ3v) is 1.55. The largest absolute Gasteiger partial charge is 0.469 e. The lowest BCUT2D eigenvalue weighted by Crippen LogP contribution is -2.11. The van der Waals surface area contributed by atoms with E-state index in [1.54, 1.807) is 0 Å². The summed E-state index contributed by atoms with van der Waals surface area (Å²) in [7, 11) is 1.18. The molecule has 0 N–H and O–H groups in total. The first kappa shape index (κ1) is 11.4. The molecular weight excluding hydrogens is 213 g/mol. The van der Waals surface area contributed by atoms with E-state index in [-0.39, 0.29) is 12.1 Å². The Labute approximate surface area is 83.1 Å². The molecule has 0 aliphatic rings. The van der Waals surface area contributed by atoms with Crippen molar-refractivity contribution in [1.82, 2.24) is 9.97 Å². The fraction of sp³-hybridized carbons (Fsp3) is 0.375. The highest BCUT2D eigenvalue weighted by atomic mass is 19.4. The maximum absolute atomic E-state index is 12.1. The molecule has 4 nitrogen and oxygen atoms in total. The molecule has 0 spiro atoms. The van der Waals surface area contributed by atoms with Gasteiger partial charge in [-0.1, -0.05) is 0 Å². The molecule has 0 fully saturated rings. The van der Waals surface area contributed by atoms with Crippen LogP contribution >= 0.6 is 0 Å². The summed E-state index contributed by atoms with van der Waals surface area (Å²) in [5.41, 5.74) is -0.953. The number of rotatable bonds is 2. The average Bonchev–Trinajstić information content (AvgIpc) is 2.17. The number of ether oxygens (including phenoxy) is 1. The van der Waals surface area contributed by atoms with Crippen molar-refractivity contribution in [1.29, 1.82) is 0 Å². The molecule has 0 atom stereocenters. The Morgan fingerprint density at radius 3 is 2.47 bits per heavy atom. The number of carbonyl (C=O) groups is 1. The number of carbonyl (C=O) groups excluding carboxylic acids is 1. The van der Waals surface area contributed by atoms with Crippen molar-refractivity contribution in [2.24, 2.45) is 0 Å². The second kappa shape index (κ2) is 4.24. The van der Waals surface area contributed by atoms with E-state index in [2.05, 4.69) is 14.7 Å². The molecule has 0 saturated heterocycles. The van der Waals surface area contributed by atoms with Crippen LogP contribution in [0.3, 0.4) is 0 Å². The Bertz CT molecular complexity index is 348. The monoisotopic (exact) mass is 220 g/mol.